The summed E-state index contributed by atoms with van der Waals surface area (Å²) in [4.78, 5) is 12.3. The molecule has 3 rings (SSSR count). The molecule has 0 aliphatic carbocycles. The Kier molecular flexibility index (Phi) is 3.91. The van der Waals surface area contributed by atoms with E-state index in [2.05, 4.69) is 29.4 Å². The number of amides is 1. The second-order valence-corrected chi connectivity index (χ2v) is 5.27. The van der Waals surface area contributed by atoms with Gasteiger partial charge < -0.3 is 9.84 Å². The summed E-state index contributed by atoms with van der Waals surface area (Å²) in [6.45, 7) is 4.15. The highest BCUT2D eigenvalue weighted by Crippen LogP contribution is 2.20. The van der Waals surface area contributed by atoms with E-state index in [0.717, 1.165) is 11.8 Å². The lowest BCUT2D eigenvalue weighted by Gasteiger charge is -2.13. The first-order chi connectivity index (χ1) is 10.7. The van der Waals surface area contributed by atoms with Crippen molar-refractivity contribution in [3.63, 3.8) is 0 Å². The Morgan fingerprint density at radius 1 is 1.36 bits per heavy atom. The van der Waals surface area contributed by atoms with Gasteiger partial charge in [-0.3, -0.25) is 4.79 Å². The van der Waals surface area contributed by atoms with Gasteiger partial charge in [-0.25, -0.2) is 4.68 Å². The van der Waals surface area contributed by atoms with Crippen molar-refractivity contribution in [1.29, 1.82) is 0 Å². The maximum Gasteiger partial charge on any atom is 0.231 e. The zero-order valence-electron chi connectivity index (χ0n) is 12.6. The third kappa shape index (κ3) is 2.72. The van der Waals surface area contributed by atoms with Gasteiger partial charge in [-0.2, -0.15) is 5.10 Å². The topological polar surface area (TPSA) is 73.0 Å². The summed E-state index contributed by atoms with van der Waals surface area (Å²) in [7, 11) is 0. The number of anilines is 1. The van der Waals surface area contributed by atoms with Crippen LogP contribution in [0.3, 0.4) is 0 Å². The molecule has 0 saturated heterocycles. The van der Waals surface area contributed by atoms with E-state index in [-0.39, 0.29) is 18.4 Å². The molecule has 1 N–H and O–H groups in total. The van der Waals surface area contributed by atoms with E-state index in [1.165, 1.54) is 0 Å². The molecule has 1 amide bonds. The van der Waals surface area contributed by atoms with Crippen LogP contribution in [-0.2, 0) is 11.2 Å². The van der Waals surface area contributed by atoms with Crippen molar-refractivity contribution in [3.05, 3.63) is 42.2 Å². The summed E-state index contributed by atoms with van der Waals surface area (Å²) in [5, 5.41) is 12.0. The average Bonchev–Trinajstić information content (AvgIpc) is 3.14. The van der Waals surface area contributed by atoms with Crippen LogP contribution in [0.15, 0.2) is 41.1 Å². The van der Waals surface area contributed by atoms with Crippen LogP contribution in [0, 0.1) is 0 Å². The van der Waals surface area contributed by atoms with Crippen molar-refractivity contribution in [3.8, 4) is 0 Å². The van der Waals surface area contributed by atoms with E-state index in [0.29, 0.717) is 17.1 Å². The van der Waals surface area contributed by atoms with Crippen molar-refractivity contribution in [2.45, 2.75) is 32.7 Å². The average molecular weight is 298 g/mol. The second kappa shape index (κ2) is 6.01. The Hall–Kier alpha value is -2.63. The lowest BCUT2D eigenvalue weighted by Crippen LogP contribution is -2.19. The van der Waals surface area contributed by atoms with Crippen LogP contribution >= 0.6 is 0 Å². The Morgan fingerprint density at radius 3 is 3.00 bits per heavy atom. The first-order valence-corrected chi connectivity index (χ1v) is 7.35. The predicted molar refractivity (Wildman–Crippen MR) is 83.6 cm³/mol. The largest absolute Gasteiger partial charge is 0.356 e. The summed E-state index contributed by atoms with van der Waals surface area (Å²) in [6, 6.07) is 9.55. The lowest BCUT2D eigenvalue weighted by atomic mass is 10.1. The molecule has 0 unspecified atom stereocenters. The first kappa shape index (κ1) is 14.3. The molecule has 1 atom stereocenters. The maximum atomic E-state index is 12.3. The lowest BCUT2D eigenvalue weighted by molar-refractivity contribution is -0.115. The minimum absolute atomic E-state index is 0.135. The molecular formula is C16H18N4O2. The quantitative estimate of drug-likeness (QED) is 0.785. The van der Waals surface area contributed by atoms with Crippen LogP contribution in [0.5, 0.6) is 0 Å². The van der Waals surface area contributed by atoms with Crippen molar-refractivity contribution >= 4 is 22.7 Å². The highest BCUT2D eigenvalue weighted by atomic mass is 16.5. The number of para-hydroxylation sites is 1. The number of hydrogen-bond acceptors (Lipinski definition) is 4. The van der Waals surface area contributed by atoms with Gasteiger partial charge in [0.2, 0.25) is 5.91 Å². The minimum atomic E-state index is -0.135. The van der Waals surface area contributed by atoms with Gasteiger partial charge in [0.05, 0.1) is 18.7 Å². The summed E-state index contributed by atoms with van der Waals surface area (Å²) in [6.07, 6.45) is 2.80. The van der Waals surface area contributed by atoms with Gasteiger partial charge in [-0.1, -0.05) is 24.2 Å². The molecule has 6 nitrogen and oxygen atoms in total. The molecule has 0 saturated carbocycles. The van der Waals surface area contributed by atoms with E-state index in [9.17, 15) is 4.79 Å². The molecule has 0 radical (unpaired) electrons. The number of aromatic nitrogens is 3. The van der Waals surface area contributed by atoms with Crippen molar-refractivity contribution in [1.82, 2.24) is 14.9 Å². The van der Waals surface area contributed by atoms with Gasteiger partial charge >= 0.3 is 0 Å². The summed E-state index contributed by atoms with van der Waals surface area (Å²) < 4.78 is 7.04. The molecule has 22 heavy (non-hydrogen) atoms. The van der Waals surface area contributed by atoms with Gasteiger partial charge in [0.25, 0.3) is 0 Å². The number of carbonyl (C=O) groups is 1. The van der Waals surface area contributed by atoms with Gasteiger partial charge in [-0.15, -0.1) is 0 Å². The molecule has 2 aromatic heterocycles. The number of hydrogen-bond donors (Lipinski definition) is 1. The Labute approximate surface area is 128 Å². The van der Waals surface area contributed by atoms with E-state index < -0.39 is 0 Å². The van der Waals surface area contributed by atoms with Gasteiger partial charge in [0.15, 0.2) is 5.58 Å². The van der Waals surface area contributed by atoms with Crippen LogP contribution in [0.4, 0.5) is 5.82 Å². The number of fused-ring (bicyclic) bond motifs is 1. The molecular weight excluding hydrogens is 280 g/mol. The number of benzene rings is 1. The van der Waals surface area contributed by atoms with Gasteiger partial charge in [0.1, 0.15) is 11.5 Å². The van der Waals surface area contributed by atoms with Crippen LogP contribution in [-0.4, -0.2) is 20.8 Å². The zero-order chi connectivity index (χ0) is 15.5. The highest BCUT2D eigenvalue weighted by Gasteiger charge is 2.15. The van der Waals surface area contributed by atoms with Crippen molar-refractivity contribution in [2.24, 2.45) is 0 Å². The van der Waals surface area contributed by atoms with Crippen LogP contribution in [0.25, 0.3) is 11.0 Å². The number of carbonyl (C=O) groups excluding carboxylic acids is 1. The van der Waals surface area contributed by atoms with Gasteiger partial charge in [-0.05, 0) is 25.5 Å². The van der Waals surface area contributed by atoms with Crippen LogP contribution in [0.2, 0.25) is 0 Å². The van der Waals surface area contributed by atoms with E-state index in [4.69, 9.17) is 4.52 Å². The summed E-state index contributed by atoms with van der Waals surface area (Å²) in [5.74, 6) is 0.566. The number of nitrogens with zero attached hydrogens (tertiary/aromatic N) is 3. The Morgan fingerprint density at radius 2 is 2.18 bits per heavy atom. The third-order valence-electron chi connectivity index (χ3n) is 3.73. The highest BCUT2D eigenvalue weighted by molar-refractivity contribution is 5.94. The third-order valence-corrected chi connectivity index (χ3v) is 3.73. The molecule has 0 spiro atoms. The molecule has 2 heterocycles. The number of rotatable bonds is 5. The zero-order valence-corrected chi connectivity index (χ0v) is 12.6. The van der Waals surface area contributed by atoms with Crippen LogP contribution < -0.4 is 5.32 Å². The van der Waals surface area contributed by atoms with Crippen LogP contribution in [0.1, 0.15) is 32.0 Å². The standard InChI is InChI=1S/C16H18N4O2/c1-3-11(2)20-15(8-9-17-20)18-16(21)10-13-12-6-4-5-7-14(12)22-19-13/h4-9,11H,3,10H2,1-2H3,(H,18,21)/t11-/m1/s1. The molecule has 3 aromatic rings. The van der Waals surface area contributed by atoms with Crippen molar-refractivity contribution < 1.29 is 9.32 Å². The summed E-state index contributed by atoms with van der Waals surface area (Å²) >= 11 is 0. The van der Waals surface area contributed by atoms with E-state index in [1.54, 1.807) is 12.3 Å². The molecule has 0 aliphatic heterocycles. The van der Waals surface area contributed by atoms with Crippen molar-refractivity contribution in [2.75, 3.05) is 5.32 Å². The number of nitrogens with one attached hydrogen (secondary N) is 1. The predicted octanol–water partition coefficient (Wildman–Crippen LogP) is 3.18. The normalized spacial score (nSPS) is 12.5. The fourth-order valence-electron chi connectivity index (χ4n) is 2.34. The Bertz CT molecular complexity index is 790. The molecule has 0 fully saturated rings. The molecule has 0 aliphatic rings. The molecule has 0 bridgehead atoms. The second-order valence-electron chi connectivity index (χ2n) is 5.27. The fourth-order valence-corrected chi connectivity index (χ4v) is 2.34. The maximum absolute atomic E-state index is 12.3. The SMILES string of the molecule is CC[C@@H](C)n1nccc1NC(=O)Cc1noc2ccccc12. The van der Waals surface area contributed by atoms with Gasteiger partial charge in [0, 0.05) is 11.5 Å². The molecule has 114 valence electrons. The molecule has 6 heteroatoms. The Balaban J connectivity index is 1.74. The monoisotopic (exact) mass is 298 g/mol. The first-order valence-electron chi connectivity index (χ1n) is 7.35. The summed E-state index contributed by atoms with van der Waals surface area (Å²) in [5.41, 5.74) is 1.33. The van der Waals surface area contributed by atoms with E-state index in [1.807, 2.05) is 28.9 Å². The fraction of sp³-hybridized carbons (Fsp3) is 0.312. The smallest absolute Gasteiger partial charge is 0.231 e. The van der Waals surface area contributed by atoms with E-state index >= 15 is 0 Å². The molecule has 1 aromatic carbocycles. The minimum Gasteiger partial charge on any atom is -0.356 e.